The minimum absolute atomic E-state index is 0.0671. The van der Waals surface area contributed by atoms with Gasteiger partial charge >= 0.3 is 0 Å². The van der Waals surface area contributed by atoms with Crippen LogP contribution in [0.4, 0.5) is 0 Å². The fourth-order valence-electron chi connectivity index (χ4n) is 4.58. The molecule has 1 saturated heterocycles. The van der Waals surface area contributed by atoms with Crippen molar-refractivity contribution in [2.75, 3.05) is 32.8 Å². The third-order valence-corrected chi connectivity index (χ3v) is 6.28. The number of benzene rings is 2. The summed E-state index contributed by atoms with van der Waals surface area (Å²) in [5, 5.41) is 14.3. The summed E-state index contributed by atoms with van der Waals surface area (Å²) in [6.45, 7) is 7.95. The predicted octanol–water partition coefficient (Wildman–Crippen LogP) is 3.06. The van der Waals surface area contributed by atoms with E-state index < -0.39 is 0 Å². The summed E-state index contributed by atoms with van der Waals surface area (Å²) < 4.78 is 9.43. The highest BCUT2D eigenvalue weighted by Crippen LogP contribution is 2.29. The first-order valence-corrected chi connectivity index (χ1v) is 11.7. The summed E-state index contributed by atoms with van der Waals surface area (Å²) in [6.07, 6.45) is 2.65. The van der Waals surface area contributed by atoms with E-state index in [1.54, 1.807) is 15.8 Å². The van der Waals surface area contributed by atoms with Gasteiger partial charge in [-0.2, -0.15) is 0 Å². The predicted molar refractivity (Wildman–Crippen MR) is 128 cm³/mol. The van der Waals surface area contributed by atoms with E-state index in [-0.39, 0.29) is 5.91 Å². The lowest BCUT2D eigenvalue weighted by Gasteiger charge is -2.25. The molecule has 5 rings (SSSR count). The second-order valence-corrected chi connectivity index (χ2v) is 8.41. The van der Waals surface area contributed by atoms with Crippen molar-refractivity contribution in [1.29, 1.82) is 0 Å². The molecule has 1 aliphatic heterocycles. The van der Waals surface area contributed by atoms with E-state index in [1.807, 2.05) is 0 Å². The Kier molecular flexibility index (Phi) is 6.37. The quantitative estimate of drug-likeness (QED) is 0.421. The molecule has 1 N–H and O–H groups in total. The van der Waals surface area contributed by atoms with Gasteiger partial charge in [0.1, 0.15) is 0 Å². The van der Waals surface area contributed by atoms with Gasteiger partial charge in [0.05, 0.1) is 19.4 Å². The molecule has 1 aliphatic rings. The number of amides is 1. The van der Waals surface area contributed by atoms with Crippen LogP contribution in [-0.2, 0) is 24.4 Å². The number of aromatic nitrogens is 4. The van der Waals surface area contributed by atoms with Crippen LogP contribution < -0.4 is 5.32 Å². The molecule has 33 heavy (non-hydrogen) atoms. The van der Waals surface area contributed by atoms with E-state index in [4.69, 9.17) is 4.74 Å². The van der Waals surface area contributed by atoms with Crippen molar-refractivity contribution in [3.63, 3.8) is 0 Å². The number of carbonyl (C=O) groups excluding carboxylic acids is 1. The Morgan fingerprint density at radius 2 is 1.91 bits per heavy atom. The summed E-state index contributed by atoms with van der Waals surface area (Å²) in [6, 6.07) is 15.4. The first kappa shape index (κ1) is 21.6. The van der Waals surface area contributed by atoms with Crippen molar-refractivity contribution in [3.8, 4) is 0 Å². The zero-order valence-corrected chi connectivity index (χ0v) is 19.0. The number of carbonyl (C=O) groups is 1. The highest BCUT2D eigenvalue weighted by molar-refractivity contribution is 6.08. The highest BCUT2D eigenvalue weighted by Gasteiger charge is 2.21. The van der Waals surface area contributed by atoms with Crippen LogP contribution >= 0.6 is 0 Å². The van der Waals surface area contributed by atoms with E-state index in [1.165, 1.54) is 27.4 Å². The first-order valence-electron chi connectivity index (χ1n) is 11.7. The molecule has 0 atom stereocenters. The van der Waals surface area contributed by atoms with E-state index in [2.05, 4.69) is 69.6 Å². The number of nitrogens with zero attached hydrogens (tertiary/aromatic N) is 5. The Hall–Kier alpha value is -3.23. The maximum Gasteiger partial charge on any atom is 0.276 e. The number of hydrogen-bond acceptors (Lipinski definition) is 5. The molecule has 1 amide bonds. The van der Waals surface area contributed by atoms with Crippen LogP contribution in [0.3, 0.4) is 0 Å². The van der Waals surface area contributed by atoms with Crippen molar-refractivity contribution in [1.82, 2.24) is 29.8 Å². The van der Waals surface area contributed by atoms with E-state index >= 15 is 0 Å². The lowest BCUT2D eigenvalue weighted by molar-refractivity contribution is 0.0299. The van der Waals surface area contributed by atoms with E-state index in [0.717, 1.165) is 32.6 Å². The second-order valence-electron chi connectivity index (χ2n) is 8.41. The zero-order chi connectivity index (χ0) is 22.6. The number of morpholine rings is 1. The summed E-state index contributed by atoms with van der Waals surface area (Å²) in [5.41, 5.74) is 4.26. The first-order chi connectivity index (χ1) is 16.2. The van der Waals surface area contributed by atoms with Gasteiger partial charge in [-0.1, -0.05) is 29.5 Å². The third-order valence-electron chi connectivity index (χ3n) is 6.28. The molecule has 4 aromatic rings. The topological polar surface area (TPSA) is 77.2 Å². The van der Waals surface area contributed by atoms with Crippen molar-refractivity contribution in [2.45, 2.75) is 33.0 Å². The molecule has 1 fully saturated rings. The largest absolute Gasteiger partial charge is 0.378 e. The molecule has 0 saturated carbocycles. The molecule has 0 bridgehead atoms. The monoisotopic (exact) mass is 446 g/mol. The number of rotatable bonds is 8. The zero-order valence-electron chi connectivity index (χ0n) is 19.0. The normalized spacial score (nSPS) is 14.4. The summed E-state index contributed by atoms with van der Waals surface area (Å²) in [5.74, 6) is -0.0671. The molecule has 172 valence electrons. The van der Waals surface area contributed by atoms with Crippen molar-refractivity contribution < 1.29 is 9.53 Å². The fraction of sp³-hybridized carbons (Fsp3) is 0.400. The lowest BCUT2D eigenvalue weighted by atomic mass is 10.1. The minimum Gasteiger partial charge on any atom is -0.378 e. The minimum atomic E-state index is -0.0671. The Morgan fingerprint density at radius 1 is 1.09 bits per heavy atom. The Bertz CT molecular complexity index is 1250. The van der Waals surface area contributed by atoms with Crippen molar-refractivity contribution >= 4 is 27.7 Å². The fourth-order valence-corrected chi connectivity index (χ4v) is 4.58. The van der Waals surface area contributed by atoms with Crippen LogP contribution in [0.25, 0.3) is 21.8 Å². The van der Waals surface area contributed by atoms with Gasteiger partial charge in [0, 0.05) is 54.5 Å². The van der Waals surface area contributed by atoms with Gasteiger partial charge in [0.15, 0.2) is 5.69 Å². The van der Waals surface area contributed by atoms with Crippen molar-refractivity contribution in [3.05, 3.63) is 59.9 Å². The van der Waals surface area contributed by atoms with Gasteiger partial charge in [-0.25, -0.2) is 0 Å². The van der Waals surface area contributed by atoms with Gasteiger partial charge < -0.3 is 19.5 Å². The molecule has 0 radical (unpaired) electrons. The molecular formula is C25H30N6O2. The van der Waals surface area contributed by atoms with E-state index in [9.17, 15) is 4.79 Å². The average Bonchev–Trinajstić information content (AvgIpc) is 3.46. The van der Waals surface area contributed by atoms with Crippen LogP contribution in [-0.4, -0.2) is 63.2 Å². The van der Waals surface area contributed by atoms with Crippen LogP contribution in [0.1, 0.15) is 29.4 Å². The molecule has 8 nitrogen and oxygen atoms in total. The van der Waals surface area contributed by atoms with E-state index in [0.29, 0.717) is 32.0 Å². The SMILES string of the molecule is CCn1c2ccccc2c2cc(CNCCCn3cc(C(=O)N4CCOCC4)nn3)ccc21. The summed E-state index contributed by atoms with van der Waals surface area (Å²) in [4.78, 5) is 14.3. The highest BCUT2D eigenvalue weighted by atomic mass is 16.5. The molecule has 2 aromatic heterocycles. The molecule has 0 unspecified atom stereocenters. The van der Waals surface area contributed by atoms with Crippen molar-refractivity contribution in [2.24, 2.45) is 0 Å². The summed E-state index contributed by atoms with van der Waals surface area (Å²) >= 11 is 0. The number of nitrogens with one attached hydrogen (secondary N) is 1. The van der Waals surface area contributed by atoms with Crippen LogP contribution in [0.15, 0.2) is 48.7 Å². The number of ether oxygens (including phenoxy) is 1. The number of hydrogen-bond donors (Lipinski definition) is 1. The molecular weight excluding hydrogens is 416 g/mol. The maximum atomic E-state index is 12.5. The summed E-state index contributed by atoms with van der Waals surface area (Å²) in [7, 11) is 0. The van der Waals surface area contributed by atoms with Crippen LogP contribution in [0.2, 0.25) is 0 Å². The molecule has 0 spiro atoms. The third kappa shape index (κ3) is 4.49. The van der Waals surface area contributed by atoms with Gasteiger partial charge in [-0.3, -0.25) is 9.48 Å². The standard InChI is InChI=1S/C25H30N6O2/c1-2-31-23-7-4-3-6-20(23)21-16-19(8-9-24(21)31)17-26-10-5-11-30-18-22(27-28-30)25(32)29-12-14-33-15-13-29/h3-4,6-9,16,18,26H,2,5,10-15,17H2,1H3. The molecule has 0 aliphatic carbocycles. The van der Waals surface area contributed by atoms with Crippen LogP contribution in [0, 0.1) is 0 Å². The Labute approximate surface area is 193 Å². The number of fused-ring (bicyclic) bond motifs is 3. The average molecular weight is 447 g/mol. The Balaban J connectivity index is 1.14. The molecule has 8 heteroatoms. The lowest BCUT2D eigenvalue weighted by Crippen LogP contribution is -2.40. The van der Waals surface area contributed by atoms with Crippen LogP contribution in [0.5, 0.6) is 0 Å². The van der Waals surface area contributed by atoms with Gasteiger partial charge in [-0.15, -0.1) is 5.10 Å². The van der Waals surface area contributed by atoms with Gasteiger partial charge in [0.25, 0.3) is 5.91 Å². The van der Waals surface area contributed by atoms with Gasteiger partial charge in [-0.05, 0) is 43.7 Å². The second kappa shape index (κ2) is 9.72. The van der Waals surface area contributed by atoms with Gasteiger partial charge in [0.2, 0.25) is 0 Å². The number of para-hydroxylation sites is 1. The number of aryl methyl sites for hydroxylation is 2. The molecule has 3 heterocycles. The maximum absolute atomic E-state index is 12.5. The smallest absolute Gasteiger partial charge is 0.276 e. The molecule has 2 aromatic carbocycles. The Morgan fingerprint density at radius 3 is 2.76 bits per heavy atom.